The van der Waals surface area contributed by atoms with Gasteiger partial charge in [-0.1, -0.05) is 13.3 Å². The molecule has 6 heteroatoms. The van der Waals surface area contributed by atoms with E-state index in [4.69, 9.17) is 9.84 Å². The fraction of sp³-hybridized carbons (Fsp3) is 0.857. The Labute approximate surface area is 119 Å². The Balaban J connectivity index is 1.99. The molecule has 2 unspecified atom stereocenters. The zero-order chi connectivity index (χ0) is 14.5. The predicted molar refractivity (Wildman–Crippen MR) is 73.5 cm³/mol. The first kappa shape index (κ1) is 15.1. The first-order valence-electron chi connectivity index (χ1n) is 7.47. The summed E-state index contributed by atoms with van der Waals surface area (Å²) in [4.78, 5) is 27.1. The molecule has 2 saturated heterocycles. The molecule has 20 heavy (non-hydrogen) atoms. The van der Waals surface area contributed by atoms with Gasteiger partial charge in [0.2, 0.25) is 0 Å². The fourth-order valence-corrected chi connectivity index (χ4v) is 3.03. The smallest absolute Gasteiger partial charge is 0.320 e. The van der Waals surface area contributed by atoms with Crippen LogP contribution in [0.2, 0.25) is 0 Å². The minimum absolute atomic E-state index is 0.0160. The van der Waals surface area contributed by atoms with E-state index in [0.29, 0.717) is 25.7 Å². The number of amides is 2. The van der Waals surface area contributed by atoms with Crippen molar-refractivity contribution in [1.29, 1.82) is 0 Å². The maximum atomic E-state index is 12.6. The van der Waals surface area contributed by atoms with Crippen molar-refractivity contribution in [3.05, 3.63) is 0 Å². The van der Waals surface area contributed by atoms with Crippen molar-refractivity contribution in [2.24, 2.45) is 5.92 Å². The van der Waals surface area contributed by atoms with Crippen molar-refractivity contribution in [3.63, 3.8) is 0 Å². The Kier molecular flexibility index (Phi) is 5.23. The number of carbonyl (C=O) groups is 2. The molecular formula is C14H24N2O4. The molecule has 0 aliphatic carbocycles. The predicted octanol–water partition coefficient (Wildman–Crippen LogP) is 1.40. The van der Waals surface area contributed by atoms with E-state index < -0.39 is 5.97 Å². The topological polar surface area (TPSA) is 70.1 Å². The third-order valence-electron chi connectivity index (χ3n) is 4.25. The fourth-order valence-electron chi connectivity index (χ4n) is 3.03. The van der Waals surface area contributed by atoms with Gasteiger partial charge in [-0.05, 0) is 18.8 Å². The van der Waals surface area contributed by atoms with Crippen LogP contribution in [0.15, 0.2) is 0 Å². The molecule has 0 saturated carbocycles. The molecule has 0 aromatic carbocycles. The van der Waals surface area contributed by atoms with Gasteiger partial charge < -0.3 is 19.6 Å². The van der Waals surface area contributed by atoms with E-state index in [1.807, 2.05) is 4.90 Å². The molecule has 2 rings (SSSR count). The Morgan fingerprint density at radius 1 is 1.35 bits per heavy atom. The van der Waals surface area contributed by atoms with Crippen molar-refractivity contribution >= 4 is 12.0 Å². The summed E-state index contributed by atoms with van der Waals surface area (Å²) in [5.74, 6) is -0.310. The second-order valence-corrected chi connectivity index (χ2v) is 5.67. The Morgan fingerprint density at radius 2 is 2.15 bits per heavy atom. The van der Waals surface area contributed by atoms with Crippen LogP contribution in [-0.4, -0.2) is 65.8 Å². The molecule has 6 nitrogen and oxygen atoms in total. The van der Waals surface area contributed by atoms with Gasteiger partial charge >= 0.3 is 12.0 Å². The van der Waals surface area contributed by atoms with Gasteiger partial charge in [0, 0.05) is 19.6 Å². The standard InChI is InChI=1S/C14H24N2O4/c1-2-11-4-3-5-15(9-11)14(19)16-6-7-20-10-12(16)8-13(17)18/h11-12H,2-10H2,1H3,(H,17,18). The van der Waals surface area contributed by atoms with Gasteiger partial charge in [0.15, 0.2) is 0 Å². The van der Waals surface area contributed by atoms with E-state index in [0.717, 1.165) is 25.9 Å². The highest BCUT2D eigenvalue weighted by Crippen LogP contribution is 2.22. The maximum Gasteiger partial charge on any atom is 0.320 e. The van der Waals surface area contributed by atoms with Gasteiger partial charge in [0.05, 0.1) is 25.7 Å². The SMILES string of the molecule is CCC1CCCN(C(=O)N2CCOCC2CC(=O)O)C1. The van der Waals surface area contributed by atoms with Crippen LogP contribution >= 0.6 is 0 Å². The number of carboxylic acids is 1. The van der Waals surface area contributed by atoms with Crippen LogP contribution in [0.5, 0.6) is 0 Å². The number of piperidine rings is 1. The number of morpholine rings is 1. The lowest BCUT2D eigenvalue weighted by atomic mass is 9.96. The largest absolute Gasteiger partial charge is 0.481 e. The lowest BCUT2D eigenvalue weighted by molar-refractivity contribution is -0.139. The van der Waals surface area contributed by atoms with Crippen LogP contribution in [0.1, 0.15) is 32.6 Å². The summed E-state index contributed by atoms with van der Waals surface area (Å²) in [6.45, 7) is 5.04. The van der Waals surface area contributed by atoms with Crippen molar-refractivity contribution in [3.8, 4) is 0 Å². The van der Waals surface area contributed by atoms with Gasteiger partial charge in [0.1, 0.15) is 0 Å². The molecule has 0 spiro atoms. The second-order valence-electron chi connectivity index (χ2n) is 5.67. The first-order chi connectivity index (χ1) is 9.61. The highest BCUT2D eigenvalue weighted by molar-refractivity contribution is 5.76. The average molecular weight is 284 g/mol. The Bertz CT molecular complexity index is 361. The minimum atomic E-state index is -0.886. The monoisotopic (exact) mass is 284 g/mol. The number of hydrogen-bond donors (Lipinski definition) is 1. The molecule has 0 radical (unpaired) electrons. The lowest BCUT2D eigenvalue weighted by Gasteiger charge is -2.41. The molecule has 2 fully saturated rings. The highest BCUT2D eigenvalue weighted by atomic mass is 16.5. The summed E-state index contributed by atoms with van der Waals surface area (Å²) in [6, 6.07) is -0.353. The molecule has 2 aliphatic heterocycles. The molecule has 0 aromatic rings. The minimum Gasteiger partial charge on any atom is -0.481 e. The summed E-state index contributed by atoms with van der Waals surface area (Å²) < 4.78 is 5.32. The molecule has 1 N–H and O–H groups in total. The summed E-state index contributed by atoms with van der Waals surface area (Å²) in [7, 11) is 0. The van der Waals surface area contributed by atoms with E-state index in [2.05, 4.69) is 6.92 Å². The molecule has 2 amide bonds. The summed E-state index contributed by atoms with van der Waals surface area (Å²) >= 11 is 0. The number of carboxylic acid groups (broad SMARTS) is 1. The van der Waals surface area contributed by atoms with Crippen LogP contribution in [0.3, 0.4) is 0 Å². The van der Waals surface area contributed by atoms with E-state index in [1.54, 1.807) is 4.90 Å². The van der Waals surface area contributed by atoms with Crippen molar-refractivity contribution in [2.45, 2.75) is 38.6 Å². The highest BCUT2D eigenvalue weighted by Gasteiger charge is 2.33. The summed E-state index contributed by atoms with van der Waals surface area (Å²) in [5, 5.41) is 8.95. The number of carbonyl (C=O) groups excluding carboxylic acids is 1. The number of hydrogen-bond acceptors (Lipinski definition) is 3. The van der Waals surface area contributed by atoms with Gasteiger partial charge in [-0.25, -0.2) is 4.79 Å². The Morgan fingerprint density at radius 3 is 2.85 bits per heavy atom. The number of rotatable bonds is 3. The number of ether oxygens (including phenoxy) is 1. The van der Waals surface area contributed by atoms with Gasteiger partial charge in [-0.15, -0.1) is 0 Å². The average Bonchev–Trinajstić information content (AvgIpc) is 2.46. The van der Waals surface area contributed by atoms with Crippen LogP contribution in [0.4, 0.5) is 4.79 Å². The Hall–Kier alpha value is -1.30. The number of likely N-dealkylation sites (tertiary alicyclic amines) is 1. The van der Waals surface area contributed by atoms with Crippen LogP contribution in [0, 0.1) is 5.92 Å². The number of aliphatic carboxylic acids is 1. The van der Waals surface area contributed by atoms with Crippen molar-refractivity contribution in [2.75, 3.05) is 32.8 Å². The third kappa shape index (κ3) is 3.62. The second kappa shape index (κ2) is 6.92. The zero-order valence-corrected chi connectivity index (χ0v) is 12.1. The first-order valence-corrected chi connectivity index (χ1v) is 7.47. The van der Waals surface area contributed by atoms with Crippen LogP contribution in [-0.2, 0) is 9.53 Å². The molecular weight excluding hydrogens is 260 g/mol. The van der Waals surface area contributed by atoms with Gasteiger partial charge in [-0.2, -0.15) is 0 Å². The van der Waals surface area contributed by atoms with E-state index >= 15 is 0 Å². The third-order valence-corrected chi connectivity index (χ3v) is 4.25. The van der Waals surface area contributed by atoms with Crippen LogP contribution < -0.4 is 0 Å². The van der Waals surface area contributed by atoms with Crippen molar-refractivity contribution in [1.82, 2.24) is 9.80 Å². The van der Waals surface area contributed by atoms with Crippen molar-refractivity contribution < 1.29 is 19.4 Å². The normalized spacial score (nSPS) is 27.4. The van der Waals surface area contributed by atoms with Gasteiger partial charge in [0.25, 0.3) is 0 Å². The quantitative estimate of drug-likeness (QED) is 0.850. The maximum absolute atomic E-state index is 12.6. The van der Waals surface area contributed by atoms with E-state index in [-0.39, 0.29) is 18.5 Å². The van der Waals surface area contributed by atoms with Crippen LogP contribution in [0.25, 0.3) is 0 Å². The number of urea groups is 1. The van der Waals surface area contributed by atoms with Gasteiger partial charge in [-0.3, -0.25) is 4.79 Å². The molecule has 0 aromatic heterocycles. The summed E-state index contributed by atoms with van der Waals surface area (Å²) in [5.41, 5.74) is 0. The molecule has 0 bridgehead atoms. The number of nitrogens with zero attached hydrogens (tertiary/aromatic N) is 2. The molecule has 2 atom stereocenters. The molecule has 2 aliphatic rings. The van der Waals surface area contributed by atoms with E-state index in [1.165, 1.54) is 6.42 Å². The lowest BCUT2D eigenvalue weighted by Crippen LogP contribution is -2.55. The molecule has 114 valence electrons. The molecule has 2 heterocycles. The zero-order valence-electron chi connectivity index (χ0n) is 12.1. The summed E-state index contributed by atoms with van der Waals surface area (Å²) in [6.07, 6.45) is 3.27. The van der Waals surface area contributed by atoms with E-state index in [9.17, 15) is 9.59 Å².